The van der Waals surface area contributed by atoms with Gasteiger partial charge in [0, 0.05) is 11.1 Å². The molecule has 0 bridgehead atoms. The summed E-state index contributed by atoms with van der Waals surface area (Å²) in [6.45, 7) is 1.88. The second-order valence-corrected chi connectivity index (χ2v) is 8.06. The predicted molar refractivity (Wildman–Crippen MR) is 88.3 cm³/mol. The van der Waals surface area contributed by atoms with Crippen LogP contribution in [-0.2, 0) is 19.4 Å². The number of amides is 2. The van der Waals surface area contributed by atoms with Crippen molar-refractivity contribution < 1.29 is 18.0 Å². The van der Waals surface area contributed by atoms with Crippen LogP contribution in [0.1, 0.15) is 17.5 Å². The van der Waals surface area contributed by atoms with Crippen LogP contribution < -0.4 is 10.9 Å². The Morgan fingerprint density at radius 2 is 2.04 bits per heavy atom. The van der Waals surface area contributed by atoms with Crippen molar-refractivity contribution in [1.29, 1.82) is 0 Å². The topological polar surface area (TPSA) is 92.3 Å². The average molecular weight is 357 g/mol. The Kier molecular flexibility index (Phi) is 5.43. The summed E-state index contributed by atoms with van der Waals surface area (Å²) >= 11 is 5.99. The molecule has 2 N–H and O–H groups in total. The predicted octanol–water partition coefficient (Wildman–Crippen LogP) is 1.24. The highest BCUT2D eigenvalue weighted by Crippen LogP contribution is 2.18. The number of aryl methyl sites for hydroxylation is 1. The first-order chi connectivity index (χ1) is 10.8. The molecule has 0 saturated carbocycles. The minimum absolute atomic E-state index is 0.00706. The zero-order chi connectivity index (χ0) is 17.0. The number of benzene rings is 1. The van der Waals surface area contributed by atoms with Crippen LogP contribution in [0.25, 0.3) is 6.08 Å². The van der Waals surface area contributed by atoms with Gasteiger partial charge in [0.25, 0.3) is 5.91 Å². The van der Waals surface area contributed by atoms with Crippen LogP contribution in [0.3, 0.4) is 0 Å². The van der Waals surface area contributed by atoms with Gasteiger partial charge in [0.15, 0.2) is 9.84 Å². The molecule has 1 saturated heterocycles. The maximum absolute atomic E-state index is 11.8. The van der Waals surface area contributed by atoms with Crippen LogP contribution in [0.2, 0.25) is 5.02 Å². The zero-order valence-electron chi connectivity index (χ0n) is 12.5. The normalized spacial score (nSPS) is 19.7. The summed E-state index contributed by atoms with van der Waals surface area (Å²) in [6, 6.07) is 5.37. The monoisotopic (exact) mass is 356 g/mol. The van der Waals surface area contributed by atoms with Crippen LogP contribution >= 0.6 is 11.6 Å². The maximum atomic E-state index is 11.8. The summed E-state index contributed by atoms with van der Waals surface area (Å²) in [6.07, 6.45) is 3.10. The molecule has 1 fully saturated rings. The molecule has 6 nitrogen and oxygen atoms in total. The number of hydrogen-bond acceptors (Lipinski definition) is 4. The van der Waals surface area contributed by atoms with E-state index in [1.807, 2.05) is 19.1 Å². The molecule has 1 aliphatic heterocycles. The molecule has 0 aromatic heterocycles. The van der Waals surface area contributed by atoms with Crippen molar-refractivity contribution >= 4 is 39.3 Å². The average Bonchev–Trinajstić information content (AvgIpc) is 2.86. The Balaban J connectivity index is 1.84. The molecule has 8 heteroatoms. The van der Waals surface area contributed by atoms with Crippen molar-refractivity contribution in [3.8, 4) is 0 Å². The second kappa shape index (κ2) is 7.14. The first-order valence-electron chi connectivity index (χ1n) is 7.01. The van der Waals surface area contributed by atoms with Crippen LogP contribution in [0.5, 0.6) is 0 Å². The highest BCUT2D eigenvalue weighted by Gasteiger charge is 2.32. The summed E-state index contributed by atoms with van der Waals surface area (Å²) in [7, 11) is -3.13. The van der Waals surface area contributed by atoms with Gasteiger partial charge in [-0.2, -0.15) is 0 Å². The van der Waals surface area contributed by atoms with Gasteiger partial charge in [0.05, 0.1) is 17.4 Å². The Morgan fingerprint density at radius 3 is 2.65 bits per heavy atom. The van der Waals surface area contributed by atoms with Crippen molar-refractivity contribution in [1.82, 2.24) is 10.9 Å². The molecule has 0 aliphatic carbocycles. The van der Waals surface area contributed by atoms with E-state index in [-0.39, 0.29) is 17.9 Å². The highest BCUT2D eigenvalue weighted by atomic mass is 35.5. The minimum atomic E-state index is -3.13. The van der Waals surface area contributed by atoms with E-state index in [2.05, 4.69) is 10.9 Å². The number of hydrogen-bond donors (Lipinski definition) is 2. The number of hydrazine groups is 1. The molecular weight excluding hydrogens is 340 g/mol. The third-order valence-corrected chi connectivity index (χ3v) is 5.71. The van der Waals surface area contributed by atoms with Gasteiger partial charge >= 0.3 is 0 Å². The van der Waals surface area contributed by atoms with E-state index < -0.39 is 27.6 Å². The fourth-order valence-corrected chi connectivity index (χ4v) is 4.08. The first-order valence-corrected chi connectivity index (χ1v) is 9.21. The fraction of sp³-hybridized carbons (Fsp3) is 0.333. The number of carbonyl (C=O) groups excluding carboxylic acids is 2. The number of carbonyl (C=O) groups is 2. The number of halogens is 1. The molecule has 23 heavy (non-hydrogen) atoms. The SMILES string of the molecule is Cc1ccc(/C=C/C(=O)NNC(=O)[C@H]2CCS(=O)(=O)C2)cc1Cl. The third-order valence-electron chi connectivity index (χ3n) is 3.54. The van der Waals surface area contributed by atoms with Gasteiger partial charge < -0.3 is 0 Å². The lowest BCUT2D eigenvalue weighted by atomic mass is 10.1. The molecule has 1 aromatic carbocycles. The van der Waals surface area contributed by atoms with Gasteiger partial charge in [-0.25, -0.2) is 8.42 Å². The highest BCUT2D eigenvalue weighted by molar-refractivity contribution is 7.91. The summed E-state index contributed by atoms with van der Waals surface area (Å²) < 4.78 is 22.6. The van der Waals surface area contributed by atoms with E-state index in [0.29, 0.717) is 5.02 Å². The fourth-order valence-electron chi connectivity index (χ4n) is 2.15. The summed E-state index contributed by atoms with van der Waals surface area (Å²) in [5.74, 6) is -1.79. The lowest BCUT2D eigenvalue weighted by molar-refractivity contribution is -0.129. The standard InChI is InChI=1S/C15H17ClN2O4S/c1-10-2-3-11(8-13(10)16)4-5-14(19)17-18-15(20)12-6-7-23(21,22)9-12/h2-5,8,12H,6-7,9H2,1H3,(H,17,19)(H,18,20)/b5-4+/t12-/m0/s1. The summed E-state index contributed by atoms with van der Waals surface area (Å²) in [5.41, 5.74) is 6.16. The van der Waals surface area contributed by atoms with Crippen molar-refractivity contribution in [2.24, 2.45) is 5.92 Å². The van der Waals surface area contributed by atoms with Crippen LogP contribution in [0.15, 0.2) is 24.3 Å². The Morgan fingerprint density at radius 1 is 1.30 bits per heavy atom. The molecule has 0 unspecified atom stereocenters. The van der Waals surface area contributed by atoms with Gasteiger partial charge in [0.1, 0.15) is 0 Å². The van der Waals surface area contributed by atoms with Crippen molar-refractivity contribution in [2.75, 3.05) is 11.5 Å². The van der Waals surface area contributed by atoms with Gasteiger partial charge in [-0.1, -0.05) is 23.7 Å². The second-order valence-electron chi connectivity index (χ2n) is 5.42. The number of sulfone groups is 1. The van der Waals surface area contributed by atoms with Crippen LogP contribution in [0.4, 0.5) is 0 Å². The Bertz CT molecular complexity index is 759. The van der Waals surface area contributed by atoms with E-state index in [1.54, 1.807) is 12.1 Å². The van der Waals surface area contributed by atoms with E-state index in [0.717, 1.165) is 11.1 Å². The van der Waals surface area contributed by atoms with Gasteiger partial charge in [0.2, 0.25) is 5.91 Å². The Labute approximate surface area is 139 Å². The smallest absolute Gasteiger partial charge is 0.262 e. The van der Waals surface area contributed by atoms with Crippen molar-refractivity contribution in [3.63, 3.8) is 0 Å². The van der Waals surface area contributed by atoms with Gasteiger partial charge in [-0.05, 0) is 36.6 Å². The van der Waals surface area contributed by atoms with Gasteiger partial charge in [-0.3, -0.25) is 20.4 Å². The molecule has 1 aliphatic rings. The lowest BCUT2D eigenvalue weighted by Crippen LogP contribution is -2.44. The largest absolute Gasteiger partial charge is 0.273 e. The summed E-state index contributed by atoms with van der Waals surface area (Å²) in [5, 5.41) is 0.600. The Hall–Kier alpha value is -1.86. The molecule has 1 heterocycles. The van der Waals surface area contributed by atoms with Gasteiger partial charge in [-0.15, -0.1) is 0 Å². The molecular formula is C15H17ClN2O4S. The molecule has 124 valence electrons. The third kappa shape index (κ3) is 5.07. The van der Waals surface area contributed by atoms with Crippen LogP contribution in [-0.4, -0.2) is 31.7 Å². The van der Waals surface area contributed by atoms with E-state index >= 15 is 0 Å². The number of rotatable bonds is 3. The van der Waals surface area contributed by atoms with E-state index in [1.165, 1.54) is 6.08 Å². The zero-order valence-corrected chi connectivity index (χ0v) is 14.1. The molecule has 0 radical (unpaired) electrons. The molecule has 0 spiro atoms. The van der Waals surface area contributed by atoms with E-state index in [4.69, 9.17) is 11.6 Å². The first kappa shape index (κ1) is 17.5. The van der Waals surface area contributed by atoms with Crippen molar-refractivity contribution in [3.05, 3.63) is 40.4 Å². The summed E-state index contributed by atoms with van der Waals surface area (Å²) in [4.78, 5) is 23.4. The maximum Gasteiger partial charge on any atom is 0.262 e. The van der Waals surface area contributed by atoms with Crippen molar-refractivity contribution in [2.45, 2.75) is 13.3 Å². The quantitative estimate of drug-likeness (QED) is 0.629. The number of nitrogens with one attached hydrogen (secondary N) is 2. The molecule has 1 aromatic rings. The van der Waals surface area contributed by atoms with Crippen LogP contribution in [0, 0.1) is 12.8 Å². The molecule has 1 atom stereocenters. The molecule has 2 rings (SSSR count). The molecule has 2 amide bonds. The lowest BCUT2D eigenvalue weighted by Gasteiger charge is -2.09. The minimum Gasteiger partial charge on any atom is -0.273 e. The van der Waals surface area contributed by atoms with E-state index in [9.17, 15) is 18.0 Å².